The lowest BCUT2D eigenvalue weighted by molar-refractivity contribution is 0.0739. The topological polar surface area (TPSA) is 46.3 Å². The highest BCUT2D eigenvalue weighted by Gasteiger charge is 2.31. The van der Waals surface area contributed by atoms with E-state index in [-0.39, 0.29) is 5.91 Å². The Hall–Kier alpha value is -1.51. The molecule has 3 heteroatoms. The van der Waals surface area contributed by atoms with E-state index in [0.29, 0.717) is 5.69 Å². The molecule has 0 unspecified atom stereocenters. The van der Waals surface area contributed by atoms with Crippen LogP contribution >= 0.6 is 0 Å². The highest BCUT2D eigenvalue weighted by molar-refractivity contribution is 5.94. The van der Waals surface area contributed by atoms with Gasteiger partial charge < -0.3 is 10.6 Å². The third kappa shape index (κ3) is 2.84. The van der Waals surface area contributed by atoms with Gasteiger partial charge in [-0.05, 0) is 61.8 Å². The number of benzene rings is 1. The van der Waals surface area contributed by atoms with Crippen molar-refractivity contribution in [3.63, 3.8) is 0 Å². The minimum absolute atomic E-state index is 0.175. The molecule has 0 heterocycles. The third-order valence-electron chi connectivity index (χ3n) is 3.80. The summed E-state index contributed by atoms with van der Waals surface area (Å²) in [6.45, 7) is 1.89. The Bertz CT molecular complexity index is 418. The number of amides is 1. The van der Waals surface area contributed by atoms with Crippen LogP contribution in [0.1, 0.15) is 36.0 Å². The number of anilines is 1. The van der Waals surface area contributed by atoms with Gasteiger partial charge in [0.1, 0.15) is 0 Å². The van der Waals surface area contributed by atoms with E-state index < -0.39 is 0 Å². The van der Waals surface area contributed by atoms with Crippen molar-refractivity contribution in [2.75, 3.05) is 18.8 Å². The SMILES string of the molecule is Nc1ccc(C(=O)N(CC2CC2)CC2CC2)cc1. The number of nitrogens with two attached hydrogens (primary N) is 1. The predicted molar refractivity (Wildman–Crippen MR) is 72.2 cm³/mol. The Balaban J connectivity index is 1.70. The number of carbonyl (C=O) groups excluding carboxylic acids is 1. The Morgan fingerprint density at radius 3 is 2.00 bits per heavy atom. The number of nitrogens with zero attached hydrogens (tertiary/aromatic N) is 1. The molecule has 0 aromatic heterocycles. The number of rotatable bonds is 5. The van der Waals surface area contributed by atoms with Crippen molar-refractivity contribution in [1.82, 2.24) is 4.90 Å². The standard InChI is InChI=1S/C15H20N2O/c16-14-7-5-13(6-8-14)15(18)17(9-11-1-2-11)10-12-3-4-12/h5-8,11-12H,1-4,9-10,16H2. The van der Waals surface area contributed by atoms with Crippen molar-refractivity contribution in [2.45, 2.75) is 25.7 Å². The molecule has 18 heavy (non-hydrogen) atoms. The molecule has 3 rings (SSSR count). The van der Waals surface area contributed by atoms with Crippen molar-refractivity contribution in [2.24, 2.45) is 11.8 Å². The van der Waals surface area contributed by atoms with Crippen molar-refractivity contribution >= 4 is 11.6 Å². The summed E-state index contributed by atoms with van der Waals surface area (Å²) in [5.41, 5.74) is 7.14. The van der Waals surface area contributed by atoms with Gasteiger partial charge in [0.15, 0.2) is 0 Å². The number of hydrogen-bond donors (Lipinski definition) is 1. The first-order valence-corrected chi connectivity index (χ1v) is 6.87. The summed E-state index contributed by atoms with van der Waals surface area (Å²) >= 11 is 0. The second-order valence-electron chi connectivity index (χ2n) is 5.72. The molecular formula is C15H20N2O. The molecule has 1 aromatic carbocycles. The number of hydrogen-bond acceptors (Lipinski definition) is 2. The van der Waals surface area contributed by atoms with Gasteiger partial charge in [-0.25, -0.2) is 0 Å². The van der Waals surface area contributed by atoms with Crippen LogP contribution in [0.3, 0.4) is 0 Å². The Labute approximate surface area is 108 Å². The minimum atomic E-state index is 0.175. The van der Waals surface area contributed by atoms with Crippen molar-refractivity contribution in [3.8, 4) is 0 Å². The molecule has 2 aliphatic rings. The smallest absolute Gasteiger partial charge is 0.253 e. The Morgan fingerprint density at radius 2 is 1.56 bits per heavy atom. The molecule has 0 bridgehead atoms. The summed E-state index contributed by atoms with van der Waals surface area (Å²) in [4.78, 5) is 14.5. The van der Waals surface area contributed by atoms with E-state index in [4.69, 9.17) is 5.73 Å². The fraction of sp³-hybridized carbons (Fsp3) is 0.533. The average molecular weight is 244 g/mol. The van der Waals surface area contributed by atoms with E-state index in [1.807, 2.05) is 12.1 Å². The first kappa shape index (κ1) is 11.6. The van der Waals surface area contributed by atoms with Crippen LogP contribution in [0, 0.1) is 11.8 Å². The van der Waals surface area contributed by atoms with Crippen LogP contribution in [0.25, 0.3) is 0 Å². The summed E-state index contributed by atoms with van der Waals surface area (Å²) in [6, 6.07) is 7.29. The van der Waals surface area contributed by atoms with Gasteiger partial charge in [0.2, 0.25) is 0 Å². The summed E-state index contributed by atoms with van der Waals surface area (Å²) in [5.74, 6) is 1.68. The maximum atomic E-state index is 12.5. The highest BCUT2D eigenvalue weighted by atomic mass is 16.2. The maximum absolute atomic E-state index is 12.5. The van der Waals surface area contributed by atoms with Crippen LogP contribution < -0.4 is 5.73 Å². The number of nitrogen functional groups attached to an aromatic ring is 1. The average Bonchev–Trinajstić information content (AvgIpc) is 3.23. The van der Waals surface area contributed by atoms with E-state index in [1.165, 1.54) is 25.7 Å². The van der Waals surface area contributed by atoms with Gasteiger partial charge in [-0.3, -0.25) is 4.79 Å². The molecular weight excluding hydrogens is 224 g/mol. The molecule has 0 aliphatic heterocycles. The van der Waals surface area contributed by atoms with Gasteiger partial charge in [-0.2, -0.15) is 0 Å². The molecule has 2 saturated carbocycles. The van der Waals surface area contributed by atoms with Crippen LogP contribution in [0.2, 0.25) is 0 Å². The molecule has 2 fully saturated rings. The van der Waals surface area contributed by atoms with Gasteiger partial charge in [-0.1, -0.05) is 0 Å². The minimum Gasteiger partial charge on any atom is -0.399 e. The lowest BCUT2D eigenvalue weighted by Crippen LogP contribution is -2.34. The molecule has 0 saturated heterocycles. The van der Waals surface area contributed by atoms with E-state index in [2.05, 4.69) is 4.90 Å². The molecule has 0 spiro atoms. The molecule has 3 nitrogen and oxygen atoms in total. The highest BCUT2D eigenvalue weighted by Crippen LogP contribution is 2.34. The van der Waals surface area contributed by atoms with Crippen molar-refractivity contribution < 1.29 is 4.79 Å². The zero-order valence-electron chi connectivity index (χ0n) is 10.6. The van der Waals surface area contributed by atoms with Crippen LogP contribution in [-0.4, -0.2) is 23.9 Å². The molecule has 0 atom stereocenters. The van der Waals surface area contributed by atoms with E-state index in [9.17, 15) is 4.79 Å². The molecule has 1 amide bonds. The zero-order valence-corrected chi connectivity index (χ0v) is 10.6. The first-order valence-electron chi connectivity index (χ1n) is 6.87. The largest absolute Gasteiger partial charge is 0.399 e. The van der Waals surface area contributed by atoms with Gasteiger partial charge in [0.05, 0.1) is 0 Å². The fourth-order valence-electron chi connectivity index (χ4n) is 2.27. The molecule has 2 N–H and O–H groups in total. The first-order chi connectivity index (χ1) is 8.72. The van der Waals surface area contributed by atoms with Crippen LogP contribution in [-0.2, 0) is 0 Å². The van der Waals surface area contributed by atoms with E-state index in [0.717, 1.165) is 30.5 Å². The summed E-state index contributed by atoms with van der Waals surface area (Å²) in [6.07, 6.45) is 5.15. The predicted octanol–water partition coefficient (Wildman–Crippen LogP) is 2.53. The van der Waals surface area contributed by atoms with Gasteiger partial charge >= 0.3 is 0 Å². The van der Waals surface area contributed by atoms with Gasteiger partial charge in [0, 0.05) is 24.3 Å². The van der Waals surface area contributed by atoms with Crippen LogP contribution in [0.4, 0.5) is 5.69 Å². The molecule has 1 aromatic rings. The molecule has 2 aliphatic carbocycles. The molecule has 96 valence electrons. The van der Waals surface area contributed by atoms with E-state index in [1.54, 1.807) is 12.1 Å². The second-order valence-corrected chi connectivity index (χ2v) is 5.72. The second kappa shape index (κ2) is 4.63. The van der Waals surface area contributed by atoms with Crippen LogP contribution in [0.15, 0.2) is 24.3 Å². The summed E-state index contributed by atoms with van der Waals surface area (Å²) < 4.78 is 0. The van der Waals surface area contributed by atoms with Crippen molar-refractivity contribution in [1.29, 1.82) is 0 Å². The number of carbonyl (C=O) groups is 1. The lowest BCUT2D eigenvalue weighted by Gasteiger charge is -2.22. The van der Waals surface area contributed by atoms with Crippen molar-refractivity contribution in [3.05, 3.63) is 29.8 Å². The lowest BCUT2D eigenvalue weighted by atomic mass is 10.1. The fourth-order valence-corrected chi connectivity index (χ4v) is 2.27. The monoisotopic (exact) mass is 244 g/mol. The van der Waals surface area contributed by atoms with Gasteiger partial charge in [-0.15, -0.1) is 0 Å². The normalized spacial score (nSPS) is 18.7. The maximum Gasteiger partial charge on any atom is 0.253 e. The zero-order chi connectivity index (χ0) is 12.5. The van der Waals surface area contributed by atoms with Gasteiger partial charge in [0.25, 0.3) is 5.91 Å². The summed E-state index contributed by atoms with van der Waals surface area (Å²) in [7, 11) is 0. The molecule has 0 radical (unpaired) electrons. The summed E-state index contributed by atoms with van der Waals surface area (Å²) in [5, 5.41) is 0. The Morgan fingerprint density at radius 1 is 1.06 bits per heavy atom. The Kier molecular flexibility index (Phi) is 2.98. The van der Waals surface area contributed by atoms with Crippen LogP contribution in [0.5, 0.6) is 0 Å². The third-order valence-corrected chi connectivity index (χ3v) is 3.80. The quantitative estimate of drug-likeness (QED) is 0.809. The van der Waals surface area contributed by atoms with E-state index >= 15 is 0 Å².